The van der Waals surface area contributed by atoms with Crippen LogP contribution >= 0.6 is 11.6 Å². The van der Waals surface area contributed by atoms with Crippen molar-refractivity contribution in [3.05, 3.63) is 59.2 Å². The van der Waals surface area contributed by atoms with Gasteiger partial charge in [-0.2, -0.15) is 13.2 Å². The van der Waals surface area contributed by atoms with Crippen molar-refractivity contribution in [2.75, 3.05) is 0 Å². The summed E-state index contributed by atoms with van der Waals surface area (Å²) in [6.45, 7) is 0. The van der Waals surface area contributed by atoms with Crippen LogP contribution in [0.25, 0.3) is 11.5 Å². The summed E-state index contributed by atoms with van der Waals surface area (Å²) in [5.74, 6) is -1.24. The maximum Gasteiger partial charge on any atom is 0.490 e. The third-order valence-corrected chi connectivity index (χ3v) is 4.72. The number of carboxylic acids is 1. The molecule has 1 saturated carbocycles. The minimum atomic E-state index is -5.08. The molecule has 2 heterocycles. The molecular weight excluding hydrogens is 441 g/mol. The van der Waals surface area contributed by atoms with Crippen molar-refractivity contribution in [3.8, 4) is 23.1 Å². The van der Waals surface area contributed by atoms with Crippen LogP contribution in [0.1, 0.15) is 24.3 Å². The summed E-state index contributed by atoms with van der Waals surface area (Å²) in [7, 11) is 0. The molecule has 2 N–H and O–H groups in total. The van der Waals surface area contributed by atoms with Crippen molar-refractivity contribution in [2.24, 2.45) is 0 Å². The number of carboxylic acid groups (broad SMARTS) is 1. The smallest absolute Gasteiger partial charge is 0.490 e. The summed E-state index contributed by atoms with van der Waals surface area (Å²) in [6, 6.07) is 13.1. The van der Waals surface area contributed by atoms with Gasteiger partial charge in [0.1, 0.15) is 11.4 Å². The number of nitrogens with zero attached hydrogens (tertiary/aromatic N) is 2. The number of halogens is 4. The Morgan fingerprint density at radius 3 is 2.29 bits per heavy atom. The zero-order valence-electron chi connectivity index (χ0n) is 15.7. The lowest BCUT2D eigenvalue weighted by atomic mass is 9.77. The Kier molecular flexibility index (Phi) is 6.69. The van der Waals surface area contributed by atoms with Gasteiger partial charge < -0.3 is 19.5 Å². The van der Waals surface area contributed by atoms with E-state index in [0.29, 0.717) is 17.4 Å². The van der Waals surface area contributed by atoms with Gasteiger partial charge >= 0.3 is 12.1 Å². The normalized spacial score (nSPS) is 17.8. The van der Waals surface area contributed by atoms with Crippen LogP contribution in [0.4, 0.5) is 13.2 Å². The molecule has 0 bridgehead atoms. The number of aromatic hydroxyl groups is 1. The summed E-state index contributed by atoms with van der Waals surface area (Å²) in [4.78, 5) is 13.2. The number of aliphatic carboxylic acids is 1. The predicted octanol–water partition coefficient (Wildman–Crippen LogP) is 5.05. The van der Waals surface area contributed by atoms with Gasteiger partial charge in [-0.1, -0.05) is 23.7 Å². The highest BCUT2D eigenvalue weighted by molar-refractivity contribution is 6.30. The molecular formula is C20H16ClF3N2O5. The highest BCUT2D eigenvalue weighted by Gasteiger charge is 2.38. The Labute approximate surface area is 179 Å². The third-order valence-electron chi connectivity index (χ3n) is 4.47. The first-order valence-electron chi connectivity index (χ1n) is 8.96. The highest BCUT2D eigenvalue weighted by Crippen LogP contribution is 2.39. The first kappa shape index (κ1) is 22.4. The number of ether oxygens (including phenoxy) is 1. The number of hydrogen-bond acceptors (Lipinski definition) is 6. The fraction of sp³-hybridized carbons (Fsp3) is 0.250. The van der Waals surface area contributed by atoms with Crippen molar-refractivity contribution in [1.29, 1.82) is 0 Å². The van der Waals surface area contributed by atoms with Crippen molar-refractivity contribution in [1.82, 2.24) is 10.1 Å². The first-order valence-corrected chi connectivity index (χ1v) is 9.34. The fourth-order valence-corrected chi connectivity index (χ4v) is 2.97. The quantitative estimate of drug-likeness (QED) is 0.565. The second-order valence-electron chi connectivity index (χ2n) is 6.69. The molecule has 4 rings (SSSR count). The van der Waals surface area contributed by atoms with Crippen molar-refractivity contribution in [2.45, 2.75) is 31.0 Å². The number of hydrogen-bond donors (Lipinski definition) is 2. The average molecular weight is 457 g/mol. The fourth-order valence-electron chi connectivity index (χ4n) is 2.84. The maximum absolute atomic E-state index is 10.6. The lowest BCUT2D eigenvalue weighted by molar-refractivity contribution is -0.192. The van der Waals surface area contributed by atoms with E-state index in [1.165, 1.54) is 11.6 Å². The molecule has 3 aromatic rings. The zero-order valence-corrected chi connectivity index (χ0v) is 16.5. The van der Waals surface area contributed by atoms with Gasteiger partial charge in [0.2, 0.25) is 0 Å². The SMILES string of the molecule is O=C(O)C(F)(F)F.Oc1cc(-c2ccc(O[C@H]3C[C@H](c4ccc(Cl)cc4)C3)cn2)on1. The van der Waals surface area contributed by atoms with Gasteiger partial charge in [-0.3, -0.25) is 0 Å². The first-order chi connectivity index (χ1) is 14.6. The predicted molar refractivity (Wildman–Crippen MR) is 103 cm³/mol. The van der Waals surface area contributed by atoms with Crippen LogP contribution in [-0.4, -0.2) is 38.6 Å². The second-order valence-corrected chi connectivity index (χ2v) is 7.13. The summed E-state index contributed by atoms with van der Waals surface area (Å²) in [6.07, 6.45) is -1.25. The minimum Gasteiger partial charge on any atom is -0.491 e. The molecule has 1 aliphatic carbocycles. The summed E-state index contributed by atoms with van der Waals surface area (Å²) in [5.41, 5.74) is 1.90. The van der Waals surface area contributed by atoms with Crippen LogP contribution in [0.3, 0.4) is 0 Å². The Balaban J connectivity index is 0.000000339. The van der Waals surface area contributed by atoms with Gasteiger partial charge in [0.05, 0.1) is 18.4 Å². The molecule has 164 valence electrons. The molecule has 1 fully saturated rings. The van der Waals surface area contributed by atoms with Gasteiger partial charge in [0.15, 0.2) is 5.76 Å². The molecule has 7 nitrogen and oxygen atoms in total. The van der Waals surface area contributed by atoms with Crippen LogP contribution < -0.4 is 4.74 Å². The van der Waals surface area contributed by atoms with Gasteiger partial charge in [-0.15, -0.1) is 0 Å². The van der Waals surface area contributed by atoms with E-state index in [1.807, 2.05) is 18.2 Å². The van der Waals surface area contributed by atoms with E-state index in [-0.39, 0.29) is 12.0 Å². The van der Waals surface area contributed by atoms with E-state index in [9.17, 15) is 18.3 Å². The van der Waals surface area contributed by atoms with E-state index >= 15 is 0 Å². The van der Waals surface area contributed by atoms with Gasteiger partial charge in [-0.25, -0.2) is 9.78 Å². The molecule has 0 saturated heterocycles. The molecule has 0 spiro atoms. The monoisotopic (exact) mass is 456 g/mol. The number of pyridine rings is 1. The molecule has 0 aliphatic heterocycles. The van der Waals surface area contributed by atoms with Crippen molar-refractivity contribution < 1.29 is 37.4 Å². The second kappa shape index (κ2) is 9.25. The number of alkyl halides is 3. The van der Waals surface area contributed by atoms with Gasteiger partial charge in [0, 0.05) is 5.02 Å². The summed E-state index contributed by atoms with van der Waals surface area (Å²) in [5, 5.41) is 20.5. The largest absolute Gasteiger partial charge is 0.491 e. The highest BCUT2D eigenvalue weighted by atomic mass is 35.5. The maximum atomic E-state index is 10.6. The lowest BCUT2D eigenvalue weighted by Gasteiger charge is -2.35. The molecule has 11 heteroatoms. The molecule has 31 heavy (non-hydrogen) atoms. The van der Waals surface area contributed by atoms with Gasteiger partial charge in [0.25, 0.3) is 5.88 Å². The molecule has 0 radical (unpaired) electrons. The minimum absolute atomic E-state index is 0.158. The van der Waals surface area contributed by atoms with Crippen LogP contribution in [0.15, 0.2) is 53.2 Å². The number of rotatable bonds is 4. The van der Waals surface area contributed by atoms with Gasteiger partial charge in [-0.05, 0) is 53.7 Å². The third kappa shape index (κ3) is 6.11. The topological polar surface area (TPSA) is 106 Å². The summed E-state index contributed by atoms with van der Waals surface area (Å²) >= 11 is 5.92. The molecule has 0 unspecified atom stereocenters. The average Bonchev–Trinajstić information content (AvgIpc) is 3.12. The van der Waals surface area contributed by atoms with Crippen LogP contribution in [0, 0.1) is 0 Å². The molecule has 2 aromatic heterocycles. The molecule has 0 amide bonds. The van der Waals surface area contributed by atoms with Crippen molar-refractivity contribution in [3.63, 3.8) is 0 Å². The lowest BCUT2D eigenvalue weighted by Crippen LogP contribution is -2.32. The molecule has 1 aromatic carbocycles. The number of aromatic nitrogens is 2. The van der Waals surface area contributed by atoms with E-state index in [1.54, 1.807) is 12.3 Å². The number of benzene rings is 1. The van der Waals surface area contributed by atoms with E-state index in [0.717, 1.165) is 23.6 Å². The van der Waals surface area contributed by atoms with E-state index < -0.39 is 12.1 Å². The Morgan fingerprint density at radius 2 is 1.81 bits per heavy atom. The van der Waals surface area contributed by atoms with Crippen LogP contribution in [0.2, 0.25) is 5.02 Å². The standard InChI is InChI=1S/C18H15ClN2O3.C2HF3O2/c19-13-3-1-11(2-4-13)12-7-15(8-12)23-14-5-6-16(20-10-14)17-9-18(22)21-24-17;3-2(4,5)1(6)7/h1-6,9-10,12,15H,7-8H2,(H,21,22);(H,6,7)/t12-,15-;. The number of carbonyl (C=O) groups is 1. The van der Waals surface area contributed by atoms with E-state index in [2.05, 4.69) is 22.3 Å². The van der Waals surface area contributed by atoms with Crippen LogP contribution in [0.5, 0.6) is 11.6 Å². The zero-order chi connectivity index (χ0) is 22.6. The van der Waals surface area contributed by atoms with Crippen molar-refractivity contribution >= 4 is 17.6 Å². The van der Waals surface area contributed by atoms with Crippen LogP contribution in [-0.2, 0) is 4.79 Å². The van der Waals surface area contributed by atoms with E-state index in [4.69, 9.17) is 30.8 Å². The molecule has 0 atom stereocenters. The summed E-state index contributed by atoms with van der Waals surface area (Å²) < 4.78 is 42.6. The Hall–Kier alpha value is -3.27. The Morgan fingerprint density at radius 1 is 1.16 bits per heavy atom. The Bertz CT molecular complexity index is 1020. The molecule has 1 aliphatic rings.